The van der Waals surface area contributed by atoms with E-state index in [1.165, 1.54) is 5.56 Å². The monoisotopic (exact) mass is 358 g/mol. The first kappa shape index (κ1) is 17.8. The minimum Gasteiger partial charge on any atom is -0.497 e. The number of hydrogen-bond acceptors (Lipinski definition) is 3. The summed E-state index contributed by atoms with van der Waals surface area (Å²) in [6.45, 7) is 2.88. The van der Waals surface area contributed by atoms with Gasteiger partial charge in [-0.2, -0.15) is 0 Å². The van der Waals surface area contributed by atoms with Crippen molar-refractivity contribution in [3.8, 4) is 5.75 Å². The van der Waals surface area contributed by atoms with Gasteiger partial charge in [0.05, 0.1) is 13.2 Å². The van der Waals surface area contributed by atoms with Crippen LogP contribution >= 0.6 is 11.6 Å². The molecule has 0 aromatic heterocycles. The molecule has 2 atom stereocenters. The van der Waals surface area contributed by atoms with E-state index in [1.807, 2.05) is 31.2 Å². The molecule has 1 aliphatic rings. The quantitative estimate of drug-likeness (QED) is 0.854. The van der Waals surface area contributed by atoms with Gasteiger partial charge in [0.2, 0.25) is 5.91 Å². The molecule has 0 unspecified atom stereocenters. The molecule has 1 amide bonds. The summed E-state index contributed by atoms with van der Waals surface area (Å²) in [6, 6.07) is 15.4. The topological polar surface area (TPSA) is 41.6 Å². The third kappa shape index (κ3) is 4.14. The number of hydrogen-bond donors (Lipinski definition) is 1. The average molecular weight is 359 g/mol. The maximum absolute atomic E-state index is 12.7. The van der Waals surface area contributed by atoms with Crippen LogP contribution in [0.15, 0.2) is 48.5 Å². The number of ether oxygens (including phenoxy) is 1. The Morgan fingerprint density at radius 2 is 2.04 bits per heavy atom. The molecular formula is C20H23ClN2O2. The molecule has 3 rings (SSSR count). The van der Waals surface area contributed by atoms with Crippen molar-refractivity contribution >= 4 is 23.2 Å². The smallest absolute Gasteiger partial charge is 0.241 e. The van der Waals surface area contributed by atoms with E-state index < -0.39 is 0 Å². The van der Waals surface area contributed by atoms with Crippen LogP contribution in [0.5, 0.6) is 5.75 Å². The first-order chi connectivity index (χ1) is 12.1. The predicted molar refractivity (Wildman–Crippen MR) is 101 cm³/mol. The highest BCUT2D eigenvalue weighted by atomic mass is 35.5. The lowest BCUT2D eigenvalue weighted by Crippen LogP contribution is -2.41. The molecule has 1 aliphatic heterocycles. The second-order valence-electron chi connectivity index (χ2n) is 6.34. The summed E-state index contributed by atoms with van der Waals surface area (Å²) in [5.74, 6) is 0.836. The van der Waals surface area contributed by atoms with Crippen molar-refractivity contribution in [2.75, 3.05) is 19.0 Å². The van der Waals surface area contributed by atoms with Gasteiger partial charge in [0.1, 0.15) is 5.75 Å². The van der Waals surface area contributed by atoms with Crippen molar-refractivity contribution in [1.29, 1.82) is 0 Å². The summed E-state index contributed by atoms with van der Waals surface area (Å²) in [5.41, 5.74) is 1.95. The Morgan fingerprint density at radius 3 is 2.72 bits per heavy atom. The number of anilines is 1. The van der Waals surface area contributed by atoms with Gasteiger partial charge in [-0.05, 0) is 62.2 Å². The number of carbonyl (C=O) groups is 1. The van der Waals surface area contributed by atoms with Gasteiger partial charge < -0.3 is 10.1 Å². The van der Waals surface area contributed by atoms with Crippen LogP contribution in [0.25, 0.3) is 0 Å². The number of halogens is 1. The molecule has 0 spiro atoms. The predicted octanol–water partition coefficient (Wildman–Crippen LogP) is 4.51. The van der Waals surface area contributed by atoms with Crippen LogP contribution in [0.2, 0.25) is 5.02 Å². The summed E-state index contributed by atoms with van der Waals surface area (Å²) in [4.78, 5) is 14.9. The van der Waals surface area contributed by atoms with E-state index in [2.05, 4.69) is 22.3 Å². The van der Waals surface area contributed by atoms with E-state index in [0.29, 0.717) is 5.02 Å². The Hall–Kier alpha value is -2.04. The average Bonchev–Trinajstić information content (AvgIpc) is 3.10. The van der Waals surface area contributed by atoms with Crippen molar-refractivity contribution in [3.05, 3.63) is 59.1 Å². The second-order valence-corrected chi connectivity index (χ2v) is 6.78. The second kappa shape index (κ2) is 7.89. The van der Waals surface area contributed by atoms with Gasteiger partial charge in [0.25, 0.3) is 0 Å². The Balaban J connectivity index is 1.71. The lowest BCUT2D eigenvalue weighted by molar-refractivity contribution is -0.121. The summed E-state index contributed by atoms with van der Waals surface area (Å²) in [5, 5.41) is 3.58. The molecule has 1 N–H and O–H groups in total. The van der Waals surface area contributed by atoms with Crippen LogP contribution in [-0.4, -0.2) is 30.5 Å². The van der Waals surface area contributed by atoms with E-state index in [4.69, 9.17) is 16.3 Å². The molecule has 1 heterocycles. The van der Waals surface area contributed by atoms with Gasteiger partial charge in [0.15, 0.2) is 0 Å². The summed E-state index contributed by atoms with van der Waals surface area (Å²) >= 11 is 5.99. The number of rotatable bonds is 5. The first-order valence-electron chi connectivity index (χ1n) is 8.54. The van der Waals surface area contributed by atoms with Crippen molar-refractivity contribution < 1.29 is 9.53 Å². The van der Waals surface area contributed by atoms with E-state index in [9.17, 15) is 4.79 Å². The number of carbonyl (C=O) groups excluding carboxylic acids is 1. The fourth-order valence-electron chi connectivity index (χ4n) is 3.40. The van der Waals surface area contributed by atoms with Crippen LogP contribution in [0.1, 0.15) is 31.4 Å². The first-order valence-corrected chi connectivity index (χ1v) is 8.92. The third-order valence-electron chi connectivity index (χ3n) is 4.76. The Morgan fingerprint density at radius 1 is 1.28 bits per heavy atom. The van der Waals surface area contributed by atoms with Gasteiger partial charge in [-0.25, -0.2) is 0 Å². The highest BCUT2D eigenvalue weighted by molar-refractivity contribution is 6.30. The zero-order chi connectivity index (χ0) is 17.8. The molecular weight excluding hydrogens is 336 g/mol. The van der Waals surface area contributed by atoms with Crippen molar-refractivity contribution in [3.63, 3.8) is 0 Å². The number of benzene rings is 2. The zero-order valence-electron chi connectivity index (χ0n) is 14.5. The molecule has 1 fully saturated rings. The number of likely N-dealkylation sites (tertiary alicyclic amines) is 1. The fourth-order valence-corrected chi connectivity index (χ4v) is 3.59. The number of amides is 1. The van der Waals surface area contributed by atoms with Crippen LogP contribution in [0.3, 0.4) is 0 Å². The molecule has 0 saturated carbocycles. The lowest BCUT2D eigenvalue weighted by atomic mass is 10.0. The molecule has 0 bridgehead atoms. The molecule has 1 saturated heterocycles. The maximum atomic E-state index is 12.7. The highest BCUT2D eigenvalue weighted by Crippen LogP contribution is 2.34. The van der Waals surface area contributed by atoms with Crippen molar-refractivity contribution in [2.24, 2.45) is 0 Å². The summed E-state index contributed by atoms with van der Waals surface area (Å²) in [7, 11) is 1.67. The number of nitrogens with one attached hydrogen (secondary N) is 1. The minimum atomic E-state index is -0.214. The number of methoxy groups -OCH3 is 1. The minimum absolute atomic E-state index is 0.0114. The van der Waals surface area contributed by atoms with Gasteiger partial charge in [-0.1, -0.05) is 29.8 Å². The molecule has 25 heavy (non-hydrogen) atoms. The third-order valence-corrected chi connectivity index (χ3v) is 5.00. The van der Waals surface area contributed by atoms with Gasteiger partial charge >= 0.3 is 0 Å². The summed E-state index contributed by atoms with van der Waals surface area (Å²) < 4.78 is 5.23. The Bertz CT molecular complexity index is 733. The van der Waals surface area contributed by atoms with Crippen LogP contribution in [-0.2, 0) is 4.79 Å². The van der Waals surface area contributed by atoms with Crippen molar-refractivity contribution in [2.45, 2.75) is 31.8 Å². The van der Waals surface area contributed by atoms with Gasteiger partial charge in [-0.3, -0.25) is 9.69 Å². The molecule has 5 heteroatoms. The van der Waals surface area contributed by atoms with Crippen LogP contribution in [0.4, 0.5) is 5.69 Å². The summed E-state index contributed by atoms with van der Waals surface area (Å²) in [6.07, 6.45) is 2.15. The maximum Gasteiger partial charge on any atom is 0.241 e. The molecule has 2 aromatic carbocycles. The SMILES string of the molecule is COc1ccc([C@H]2CCCN2[C@H](C)C(=O)Nc2cccc(Cl)c2)cc1. The number of nitrogens with zero attached hydrogens (tertiary/aromatic N) is 1. The van der Waals surface area contributed by atoms with E-state index >= 15 is 0 Å². The normalized spacial score (nSPS) is 18.8. The molecule has 4 nitrogen and oxygen atoms in total. The standard InChI is InChI=1S/C20H23ClN2O2/c1-14(20(24)22-17-6-3-5-16(21)13-17)23-12-4-7-19(23)15-8-10-18(25-2)11-9-15/h3,5-6,8-11,13-14,19H,4,7,12H2,1-2H3,(H,22,24)/t14-,19-/m1/s1. The Kier molecular flexibility index (Phi) is 5.61. The van der Waals surface area contributed by atoms with E-state index in [-0.39, 0.29) is 18.0 Å². The van der Waals surface area contributed by atoms with Crippen molar-refractivity contribution in [1.82, 2.24) is 4.90 Å². The van der Waals surface area contributed by atoms with E-state index in [1.54, 1.807) is 19.2 Å². The molecule has 0 radical (unpaired) electrons. The molecule has 132 valence electrons. The molecule has 2 aromatic rings. The van der Waals surface area contributed by atoms with Gasteiger partial charge in [0, 0.05) is 16.8 Å². The van der Waals surface area contributed by atoms with E-state index in [0.717, 1.165) is 30.8 Å². The molecule has 0 aliphatic carbocycles. The Labute approximate surface area is 153 Å². The van der Waals surface area contributed by atoms with Gasteiger partial charge in [-0.15, -0.1) is 0 Å². The zero-order valence-corrected chi connectivity index (χ0v) is 15.3. The van der Waals surface area contributed by atoms with Crippen LogP contribution in [0, 0.1) is 0 Å². The lowest BCUT2D eigenvalue weighted by Gasteiger charge is -2.30. The highest BCUT2D eigenvalue weighted by Gasteiger charge is 2.33. The largest absolute Gasteiger partial charge is 0.497 e. The fraction of sp³-hybridized carbons (Fsp3) is 0.350. The van der Waals surface area contributed by atoms with Crippen LogP contribution < -0.4 is 10.1 Å².